The predicted molar refractivity (Wildman–Crippen MR) is 62.2 cm³/mol. The number of rotatable bonds is 2. The van der Waals surface area contributed by atoms with Crippen molar-refractivity contribution in [2.24, 2.45) is 10.9 Å². The highest BCUT2D eigenvalue weighted by atomic mass is 19.4. The first-order chi connectivity index (χ1) is 8.43. The van der Waals surface area contributed by atoms with Crippen molar-refractivity contribution < 1.29 is 18.0 Å². The van der Waals surface area contributed by atoms with E-state index < -0.39 is 12.1 Å². The monoisotopic (exact) mass is 255 g/mol. The molecule has 18 heavy (non-hydrogen) atoms. The third kappa shape index (κ3) is 2.30. The number of halogens is 3. The van der Waals surface area contributed by atoms with Crippen molar-refractivity contribution in [3.63, 3.8) is 0 Å². The Balaban J connectivity index is 2.42. The molecule has 2 aliphatic rings. The molecule has 0 bridgehead atoms. The lowest BCUT2D eigenvalue weighted by atomic mass is 9.86. The van der Waals surface area contributed by atoms with Gasteiger partial charge in [0.2, 0.25) is 0 Å². The summed E-state index contributed by atoms with van der Waals surface area (Å²) in [6.45, 7) is 1.89. The number of aliphatic imine (C=N–C) groups is 1. The van der Waals surface area contributed by atoms with Crippen molar-refractivity contribution in [3.05, 3.63) is 35.6 Å². The number of carbonyl (C=O) groups excluding carboxylic acids is 1. The molecule has 5 heteroatoms. The van der Waals surface area contributed by atoms with Crippen LogP contribution in [0.3, 0.4) is 0 Å². The minimum atomic E-state index is -4.41. The lowest BCUT2D eigenvalue weighted by Gasteiger charge is -2.25. The Hall–Kier alpha value is -1.65. The lowest BCUT2D eigenvalue weighted by molar-refractivity contribution is -0.143. The molecule has 0 N–H and O–H groups in total. The third-order valence-electron chi connectivity index (χ3n) is 2.82. The largest absolute Gasteiger partial charge is 0.400 e. The summed E-state index contributed by atoms with van der Waals surface area (Å²) in [7, 11) is 0. The van der Waals surface area contributed by atoms with E-state index in [0.29, 0.717) is 12.1 Å². The van der Waals surface area contributed by atoms with E-state index in [1.165, 1.54) is 18.2 Å². The SMILES string of the molecule is CCCC1=CC(=O)C2=CC=CC(C(F)(F)F)C2=N1. The molecule has 0 fully saturated rings. The summed E-state index contributed by atoms with van der Waals surface area (Å²) < 4.78 is 38.6. The van der Waals surface area contributed by atoms with Gasteiger partial charge in [-0.15, -0.1) is 0 Å². The molecule has 0 spiro atoms. The maximum Gasteiger partial charge on any atom is 0.400 e. The average molecular weight is 255 g/mol. The second-order valence-electron chi connectivity index (χ2n) is 4.23. The van der Waals surface area contributed by atoms with Crippen LogP contribution in [0.15, 0.2) is 40.6 Å². The molecule has 1 aliphatic carbocycles. The van der Waals surface area contributed by atoms with Gasteiger partial charge in [-0.05, 0) is 12.5 Å². The summed E-state index contributed by atoms with van der Waals surface area (Å²) in [5.74, 6) is -2.16. The Labute approximate surface area is 103 Å². The maximum absolute atomic E-state index is 12.9. The van der Waals surface area contributed by atoms with Gasteiger partial charge in [0.1, 0.15) is 5.92 Å². The molecular formula is C13H12F3NO. The molecular weight excluding hydrogens is 243 g/mol. The number of allylic oxidation sites excluding steroid dienone is 6. The van der Waals surface area contributed by atoms with Crippen molar-refractivity contribution in [1.29, 1.82) is 0 Å². The predicted octanol–water partition coefficient (Wildman–Crippen LogP) is 3.37. The Morgan fingerprint density at radius 3 is 2.72 bits per heavy atom. The highest BCUT2D eigenvalue weighted by Gasteiger charge is 2.44. The number of fused-ring (bicyclic) bond motifs is 1. The van der Waals surface area contributed by atoms with Gasteiger partial charge in [0.25, 0.3) is 0 Å². The fourth-order valence-electron chi connectivity index (χ4n) is 2.01. The molecule has 0 amide bonds. The van der Waals surface area contributed by atoms with Crippen LogP contribution in [0.5, 0.6) is 0 Å². The number of hydrogen-bond donors (Lipinski definition) is 0. The molecule has 0 aromatic rings. The van der Waals surface area contributed by atoms with Gasteiger partial charge in [-0.25, -0.2) is 0 Å². The van der Waals surface area contributed by atoms with E-state index in [1.54, 1.807) is 0 Å². The molecule has 0 aromatic carbocycles. The summed E-state index contributed by atoms with van der Waals surface area (Å²) in [4.78, 5) is 15.8. The van der Waals surface area contributed by atoms with E-state index in [4.69, 9.17) is 0 Å². The first kappa shape index (κ1) is 12.8. The van der Waals surface area contributed by atoms with Crippen LogP contribution in [0.2, 0.25) is 0 Å². The van der Waals surface area contributed by atoms with E-state index in [1.807, 2.05) is 6.92 Å². The minimum absolute atomic E-state index is 0.0553. The number of ketones is 1. The lowest BCUT2D eigenvalue weighted by Crippen LogP contribution is -2.34. The molecule has 0 aromatic heterocycles. The molecule has 96 valence electrons. The summed E-state index contributed by atoms with van der Waals surface area (Å²) in [5, 5.41) is 0. The quantitative estimate of drug-likeness (QED) is 0.743. The second-order valence-corrected chi connectivity index (χ2v) is 4.23. The van der Waals surface area contributed by atoms with Crippen molar-refractivity contribution in [1.82, 2.24) is 0 Å². The van der Waals surface area contributed by atoms with Crippen LogP contribution >= 0.6 is 0 Å². The molecule has 1 unspecified atom stereocenters. The first-order valence-electron chi connectivity index (χ1n) is 5.72. The van der Waals surface area contributed by atoms with Crippen LogP contribution in [0.4, 0.5) is 13.2 Å². The number of nitrogens with zero attached hydrogens (tertiary/aromatic N) is 1. The van der Waals surface area contributed by atoms with Crippen LogP contribution in [-0.2, 0) is 4.79 Å². The van der Waals surface area contributed by atoms with Crippen LogP contribution in [0.25, 0.3) is 0 Å². The molecule has 1 atom stereocenters. The summed E-state index contributed by atoms with van der Waals surface area (Å²) in [6, 6.07) is 0. The van der Waals surface area contributed by atoms with Gasteiger partial charge in [-0.1, -0.05) is 25.5 Å². The Bertz CT molecular complexity index is 495. The molecule has 1 heterocycles. The number of alkyl halides is 3. The van der Waals surface area contributed by atoms with Gasteiger partial charge in [0, 0.05) is 17.3 Å². The van der Waals surface area contributed by atoms with Gasteiger partial charge < -0.3 is 0 Å². The zero-order chi connectivity index (χ0) is 13.3. The van der Waals surface area contributed by atoms with Crippen LogP contribution in [-0.4, -0.2) is 17.7 Å². The number of hydrogen-bond acceptors (Lipinski definition) is 2. The van der Waals surface area contributed by atoms with Crippen LogP contribution in [0, 0.1) is 5.92 Å². The van der Waals surface area contributed by atoms with Crippen molar-refractivity contribution in [2.45, 2.75) is 25.9 Å². The molecule has 2 rings (SSSR count). The van der Waals surface area contributed by atoms with Gasteiger partial charge in [0.05, 0.1) is 5.71 Å². The van der Waals surface area contributed by atoms with E-state index >= 15 is 0 Å². The Morgan fingerprint density at radius 2 is 2.11 bits per heavy atom. The topological polar surface area (TPSA) is 29.4 Å². The average Bonchev–Trinajstić information content (AvgIpc) is 2.27. The first-order valence-corrected chi connectivity index (χ1v) is 5.72. The number of carbonyl (C=O) groups is 1. The fourth-order valence-corrected chi connectivity index (χ4v) is 2.01. The molecule has 2 nitrogen and oxygen atoms in total. The van der Waals surface area contributed by atoms with Crippen LogP contribution in [0.1, 0.15) is 19.8 Å². The summed E-state index contributed by atoms with van der Waals surface area (Å²) in [6.07, 6.45) is 1.85. The smallest absolute Gasteiger partial charge is 0.289 e. The maximum atomic E-state index is 12.9. The summed E-state index contributed by atoms with van der Waals surface area (Å²) >= 11 is 0. The van der Waals surface area contributed by atoms with E-state index in [9.17, 15) is 18.0 Å². The standard InChI is InChI=1S/C13H12F3NO/c1-2-4-8-7-11(18)9-5-3-6-10(12(9)17-8)13(14,15)16/h3,5-7,10H,2,4H2,1H3. The molecule has 1 aliphatic heterocycles. The third-order valence-corrected chi connectivity index (χ3v) is 2.82. The van der Waals surface area contributed by atoms with Gasteiger partial charge in [0.15, 0.2) is 5.78 Å². The van der Waals surface area contributed by atoms with E-state index in [2.05, 4.69) is 4.99 Å². The van der Waals surface area contributed by atoms with Gasteiger partial charge in [-0.2, -0.15) is 13.2 Å². The van der Waals surface area contributed by atoms with Crippen molar-refractivity contribution in [3.8, 4) is 0 Å². The zero-order valence-electron chi connectivity index (χ0n) is 9.79. The van der Waals surface area contributed by atoms with Gasteiger partial charge >= 0.3 is 6.18 Å². The molecule has 0 saturated carbocycles. The molecule has 0 radical (unpaired) electrons. The molecule has 0 saturated heterocycles. The minimum Gasteiger partial charge on any atom is -0.289 e. The highest BCUT2D eigenvalue weighted by Crippen LogP contribution is 2.35. The second kappa shape index (κ2) is 4.55. The van der Waals surface area contributed by atoms with E-state index in [-0.39, 0.29) is 17.1 Å². The zero-order valence-corrected chi connectivity index (χ0v) is 9.79. The normalized spacial score (nSPS) is 23.2. The van der Waals surface area contributed by atoms with E-state index in [0.717, 1.165) is 12.5 Å². The van der Waals surface area contributed by atoms with Crippen LogP contribution < -0.4 is 0 Å². The Morgan fingerprint density at radius 1 is 1.39 bits per heavy atom. The Kier molecular flexibility index (Phi) is 3.24. The van der Waals surface area contributed by atoms with Gasteiger partial charge in [-0.3, -0.25) is 9.79 Å². The summed E-state index contributed by atoms with van der Waals surface area (Å²) in [5.41, 5.74) is 0.319. The van der Waals surface area contributed by atoms with Crippen molar-refractivity contribution in [2.75, 3.05) is 0 Å². The highest BCUT2D eigenvalue weighted by molar-refractivity contribution is 6.29. The fraction of sp³-hybridized carbons (Fsp3) is 0.385. The van der Waals surface area contributed by atoms with Crippen molar-refractivity contribution >= 4 is 11.5 Å².